The van der Waals surface area contributed by atoms with Crippen molar-refractivity contribution in [2.75, 3.05) is 39.3 Å². The summed E-state index contributed by atoms with van der Waals surface area (Å²) >= 11 is 0. The van der Waals surface area contributed by atoms with Gasteiger partial charge in [0.15, 0.2) is 0 Å². The van der Waals surface area contributed by atoms with Gasteiger partial charge in [0.2, 0.25) is 0 Å². The Balaban J connectivity index is 2.61. The molecule has 18 heavy (non-hydrogen) atoms. The fourth-order valence-corrected chi connectivity index (χ4v) is 1.69. The molecule has 5 nitrogen and oxygen atoms in total. The van der Waals surface area contributed by atoms with E-state index in [0.717, 1.165) is 11.4 Å². The summed E-state index contributed by atoms with van der Waals surface area (Å²) < 4.78 is 4.90. The second-order valence-corrected chi connectivity index (χ2v) is 4.44. The number of anilines is 1. The standard InChI is InChI=1S/C13H23N3O2/c1-10(14-2)13-6-5-11(7-15-13)16(3)8-12(17)9-18-4/h5-7,10,12,14,17H,8-9H2,1-4H3. The fourth-order valence-electron chi connectivity index (χ4n) is 1.69. The lowest BCUT2D eigenvalue weighted by atomic mass is 10.2. The van der Waals surface area contributed by atoms with E-state index in [0.29, 0.717) is 13.2 Å². The molecular formula is C13H23N3O2. The van der Waals surface area contributed by atoms with Crippen LogP contribution in [0, 0.1) is 0 Å². The summed E-state index contributed by atoms with van der Waals surface area (Å²) in [6, 6.07) is 4.24. The number of likely N-dealkylation sites (N-methyl/N-ethyl adjacent to an activating group) is 1. The zero-order valence-electron chi connectivity index (χ0n) is 11.6. The molecule has 0 amide bonds. The van der Waals surface area contributed by atoms with Crippen LogP contribution in [0.15, 0.2) is 18.3 Å². The quantitative estimate of drug-likeness (QED) is 0.753. The van der Waals surface area contributed by atoms with Crippen LogP contribution in [0.4, 0.5) is 5.69 Å². The van der Waals surface area contributed by atoms with Crippen molar-refractivity contribution in [2.45, 2.75) is 19.1 Å². The van der Waals surface area contributed by atoms with Gasteiger partial charge in [0.1, 0.15) is 0 Å². The Bertz CT molecular complexity index is 343. The number of aliphatic hydroxyl groups excluding tert-OH is 1. The van der Waals surface area contributed by atoms with Crippen LogP contribution in [0.3, 0.4) is 0 Å². The largest absolute Gasteiger partial charge is 0.389 e. The molecule has 1 aromatic heterocycles. The van der Waals surface area contributed by atoms with E-state index in [9.17, 15) is 5.11 Å². The van der Waals surface area contributed by atoms with Gasteiger partial charge in [0.25, 0.3) is 0 Å². The van der Waals surface area contributed by atoms with E-state index in [4.69, 9.17) is 4.74 Å². The number of nitrogens with one attached hydrogen (secondary N) is 1. The van der Waals surface area contributed by atoms with Crippen LogP contribution in [-0.4, -0.2) is 50.6 Å². The Morgan fingerprint density at radius 2 is 2.22 bits per heavy atom. The maximum atomic E-state index is 9.66. The van der Waals surface area contributed by atoms with Crippen LogP contribution >= 0.6 is 0 Å². The molecule has 1 heterocycles. The van der Waals surface area contributed by atoms with Crippen LogP contribution in [0.2, 0.25) is 0 Å². The van der Waals surface area contributed by atoms with Gasteiger partial charge >= 0.3 is 0 Å². The highest BCUT2D eigenvalue weighted by molar-refractivity contribution is 5.44. The van der Waals surface area contributed by atoms with Crippen molar-refractivity contribution in [1.82, 2.24) is 10.3 Å². The Labute approximate surface area is 109 Å². The van der Waals surface area contributed by atoms with Gasteiger partial charge in [0.05, 0.1) is 30.3 Å². The van der Waals surface area contributed by atoms with E-state index in [2.05, 4.69) is 17.2 Å². The van der Waals surface area contributed by atoms with Gasteiger partial charge < -0.3 is 20.1 Å². The van der Waals surface area contributed by atoms with E-state index in [1.54, 1.807) is 7.11 Å². The summed E-state index contributed by atoms with van der Waals surface area (Å²) in [5.74, 6) is 0. The Morgan fingerprint density at radius 1 is 1.50 bits per heavy atom. The average molecular weight is 253 g/mol. The van der Waals surface area contributed by atoms with Gasteiger partial charge in [0, 0.05) is 26.7 Å². The number of hydrogen-bond donors (Lipinski definition) is 2. The van der Waals surface area contributed by atoms with Crippen LogP contribution in [0.1, 0.15) is 18.7 Å². The smallest absolute Gasteiger partial charge is 0.0947 e. The molecule has 2 N–H and O–H groups in total. The molecule has 1 rings (SSSR count). The molecule has 0 aliphatic carbocycles. The summed E-state index contributed by atoms with van der Waals surface area (Å²) in [7, 11) is 5.42. The topological polar surface area (TPSA) is 57.6 Å². The number of rotatable bonds is 7. The minimum Gasteiger partial charge on any atom is -0.389 e. The fraction of sp³-hybridized carbons (Fsp3) is 0.615. The molecule has 2 atom stereocenters. The lowest BCUT2D eigenvalue weighted by molar-refractivity contribution is 0.0695. The van der Waals surface area contributed by atoms with Crippen molar-refractivity contribution < 1.29 is 9.84 Å². The Hall–Kier alpha value is -1.17. The van der Waals surface area contributed by atoms with Gasteiger partial charge in [-0.1, -0.05) is 0 Å². The highest BCUT2D eigenvalue weighted by atomic mass is 16.5. The van der Waals surface area contributed by atoms with Crippen molar-refractivity contribution in [3.05, 3.63) is 24.0 Å². The molecule has 0 aromatic carbocycles. The summed E-state index contributed by atoms with van der Waals surface area (Å²) in [5, 5.41) is 12.8. The summed E-state index contributed by atoms with van der Waals surface area (Å²) in [6.45, 7) is 2.93. The molecular weight excluding hydrogens is 230 g/mol. The normalized spacial score (nSPS) is 14.3. The summed E-state index contributed by atoms with van der Waals surface area (Å²) in [6.07, 6.45) is 1.33. The second-order valence-electron chi connectivity index (χ2n) is 4.44. The number of hydrogen-bond acceptors (Lipinski definition) is 5. The van der Waals surface area contributed by atoms with Gasteiger partial charge in [-0.15, -0.1) is 0 Å². The van der Waals surface area contributed by atoms with Crippen molar-refractivity contribution in [2.24, 2.45) is 0 Å². The van der Waals surface area contributed by atoms with E-state index in [1.165, 1.54) is 0 Å². The first-order valence-electron chi connectivity index (χ1n) is 6.09. The molecule has 0 bridgehead atoms. The molecule has 0 aliphatic rings. The molecule has 0 aliphatic heterocycles. The molecule has 1 aromatic rings. The third kappa shape index (κ3) is 4.25. The lowest BCUT2D eigenvalue weighted by Gasteiger charge is -2.22. The summed E-state index contributed by atoms with van der Waals surface area (Å²) in [5.41, 5.74) is 1.99. The number of ether oxygens (including phenoxy) is 1. The highest BCUT2D eigenvalue weighted by Crippen LogP contribution is 2.15. The van der Waals surface area contributed by atoms with Crippen LogP contribution in [-0.2, 0) is 4.74 Å². The second kappa shape index (κ2) is 7.31. The van der Waals surface area contributed by atoms with E-state index < -0.39 is 6.10 Å². The first kappa shape index (κ1) is 14.9. The number of nitrogens with zero attached hydrogens (tertiary/aromatic N) is 2. The minimum atomic E-state index is -0.490. The van der Waals surface area contributed by atoms with Gasteiger partial charge in [-0.25, -0.2) is 0 Å². The molecule has 0 fully saturated rings. The molecule has 102 valence electrons. The zero-order chi connectivity index (χ0) is 13.5. The van der Waals surface area contributed by atoms with Gasteiger partial charge in [-0.2, -0.15) is 0 Å². The number of methoxy groups -OCH3 is 1. The predicted molar refractivity (Wildman–Crippen MR) is 72.9 cm³/mol. The molecule has 5 heteroatoms. The Kier molecular flexibility index (Phi) is 6.04. The van der Waals surface area contributed by atoms with Crippen molar-refractivity contribution >= 4 is 5.69 Å². The molecule has 0 saturated carbocycles. The minimum absolute atomic E-state index is 0.239. The van der Waals surface area contributed by atoms with Gasteiger partial charge in [-0.3, -0.25) is 4.98 Å². The third-order valence-corrected chi connectivity index (χ3v) is 2.93. The predicted octanol–water partition coefficient (Wildman–Crippen LogP) is 0.805. The monoisotopic (exact) mass is 253 g/mol. The van der Waals surface area contributed by atoms with Crippen molar-refractivity contribution in [3.63, 3.8) is 0 Å². The molecule has 0 spiro atoms. The van der Waals surface area contributed by atoms with Crippen molar-refractivity contribution in [3.8, 4) is 0 Å². The molecule has 0 radical (unpaired) electrons. The third-order valence-electron chi connectivity index (χ3n) is 2.93. The van der Waals surface area contributed by atoms with Crippen LogP contribution in [0.25, 0.3) is 0 Å². The SMILES string of the molecule is CNC(C)c1ccc(N(C)CC(O)COC)cn1. The molecule has 2 unspecified atom stereocenters. The number of pyridine rings is 1. The maximum Gasteiger partial charge on any atom is 0.0947 e. The zero-order valence-corrected chi connectivity index (χ0v) is 11.6. The number of aliphatic hydroxyl groups is 1. The lowest BCUT2D eigenvalue weighted by Crippen LogP contribution is -2.32. The van der Waals surface area contributed by atoms with Crippen LogP contribution in [0.5, 0.6) is 0 Å². The maximum absolute atomic E-state index is 9.66. The Morgan fingerprint density at radius 3 is 2.72 bits per heavy atom. The highest BCUT2D eigenvalue weighted by Gasteiger charge is 2.10. The van der Waals surface area contributed by atoms with Crippen molar-refractivity contribution in [1.29, 1.82) is 0 Å². The van der Waals surface area contributed by atoms with E-state index in [-0.39, 0.29) is 6.04 Å². The van der Waals surface area contributed by atoms with Gasteiger partial charge in [-0.05, 0) is 26.1 Å². The van der Waals surface area contributed by atoms with Crippen LogP contribution < -0.4 is 10.2 Å². The summed E-state index contributed by atoms with van der Waals surface area (Å²) in [4.78, 5) is 6.37. The number of aromatic nitrogens is 1. The first-order chi connectivity index (χ1) is 8.58. The van der Waals surface area contributed by atoms with E-state index in [1.807, 2.05) is 37.3 Å². The first-order valence-corrected chi connectivity index (χ1v) is 6.09. The molecule has 0 saturated heterocycles. The average Bonchev–Trinajstić information content (AvgIpc) is 2.38. The van der Waals surface area contributed by atoms with E-state index >= 15 is 0 Å².